The number of benzene rings is 1. The van der Waals surface area contributed by atoms with Gasteiger partial charge in [-0.1, -0.05) is 12.1 Å². The smallest absolute Gasteiger partial charge is 0.422 e. The van der Waals surface area contributed by atoms with Gasteiger partial charge in [-0.3, -0.25) is 0 Å². The van der Waals surface area contributed by atoms with Gasteiger partial charge in [0, 0.05) is 0 Å². The predicted octanol–water partition coefficient (Wildman–Crippen LogP) is 1.03. The van der Waals surface area contributed by atoms with E-state index in [4.69, 9.17) is 4.74 Å². The molecule has 0 aliphatic heterocycles. The zero-order chi connectivity index (χ0) is 15.5. The Morgan fingerprint density at radius 1 is 1.38 bits per heavy atom. The number of carbonyl (C=O) groups is 1. The van der Waals surface area contributed by atoms with Gasteiger partial charge >= 0.3 is 16.3 Å². The number of hydrogen-bond donors (Lipinski definition) is 3. The molecule has 1 aromatic carbocycles. The molecule has 0 aliphatic rings. The SMILES string of the molecule is CC(C)OC(=O)NS(=O)(=O)NCc1nc2ccccc2[nH]1. The van der Waals surface area contributed by atoms with Gasteiger partial charge in [-0.2, -0.15) is 13.1 Å². The second-order valence-corrected chi connectivity index (χ2v) is 6.08. The molecular formula is C12H16N4O4S. The number of aromatic nitrogens is 2. The van der Waals surface area contributed by atoms with Crippen molar-refractivity contribution in [3.05, 3.63) is 30.1 Å². The van der Waals surface area contributed by atoms with Gasteiger partial charge < -0.3 is 9.72 Å². The Hall–Kier alpha value is -2.13. The monoisotopic (exact) mass is 312 g/mol. The van der Waals surface area contributed by atoms with Crippen LogP contribution in [0.1, 0.15) is 19.7 Å². The van der Waals surface area contributed by atoms with E-state index in [1.807, 2.05) is 24.3 Å². The first-order valence-corrected chi connectivity index (χ1v) is 7.76. The minimum Gasteiger partial charge on any atom is -0.446 e. The number of H-pyrrole nitrogens is 1. The summed E-state index contributed by atoms with van der Waals surface area (Å²) in [7, 11) is -4.00. The highest BCUT2D eigenvalue weighted by molar-refractivity contribution is 7.88. The van der Waals surface area contributed by atoms with Crippen LogP contribution in [-0.2, 0) is 21.5 Å². The lowest BCUT2D eigenvalue weighted by molar-refractivity contribution is 0.121. The maximum Gasteiger partial charge on any atom is 0.422 e. The molecule has 1 aromatic heterocycles. The summed E-state index contributed by atoms with van der Waals surface area (Å²) < 4.78 is 31.9. The van der Waals surface area contributed by atoms with E-state index in [2.05, 4.69) is 14.7 Å². The van der Waals surface area contributed by atoms with Crippen molar-refractivity contribution >= 4 is 27.3 Å². The average Bonchev–Trinajstić information content (AvgIpc) is 2.77. The normalized spacial score (nSPS) is 11.8. The lowest BCUT2D eigenvalue weighted by atomic mass is 10.3. The number of nitrogens with one attached hydrogen (secondary N) is 3. The standard InChI is InChI=1S/C12H16N4O4S/c1-8(2)20-12(17)16-21(18,19)13-7-11-14-9-5-3-4-6-10(9)15-11/h3-6,8,13H,7H2,1-2H3,(H,14,15)(H,16,17). The number of carbonyl (C=O) groups excluding carboxylic acids is 1. The Morgan fingerprint density at radius 2 is 2.10 bits per heavy atom. The molecule has 0 unspecified atom stereocenters. The molecular weight excluding hydrogens is 296 g/mol. The molecule has 21 heavy (non-hydrogen) atoms. The number of amides is 1. The fraction of sp³-hybridized carbons (Fsp3) is 0.333. The van der Waals surface area contributed by atoms with Gasteiger partial charge in [0.1, 0.15) is 5.82 Å². The summed E-state index contributed by atoms with van der Waals surface area (Å²) in [6, 6.07) is 7.32. The van der Waals surface area contributed by atoms with Gasteiger partial charge in [0.05, 0.1) is 23.7 Å². The van der Waals surface area contributed by atoms with Crippen LogP contribution in [0.2, 0.25) is 0 Å². The molecule has 3 N–H and O–H groups in total. The number of rotatable bonds is 5. The van der Waals surface area contributed by atoms with Crippen LogP contribution in [0.3, 0.4) is 0 Å². The van der Waals surface area contributed by atoms with Crippen molar-refractivity contribution in [2.24, 2.45) is 0 Å². The van der Waals surface area contributed by atoms with Gasteiger partial charge in [-0.25, -0.2) is 14.5 Å². The predicted molar refractivity (Wildman–Crippen MR) is 76.6 cm³/mol. The molecule has 1 heterocycles. The Morgan fingerprint density at radius 3 is 2.76 bits per heavy atom. The second kappa shape index (κ2) is 6.10. The highest BCUT2D eigenvalue weighted by atomic mass is 32.2. The largest absolute Gasteiger partial charge is 0.446 e. The van der Waals surface area contributed by atoms with E-state index in [1.54, 1.807) is 18.6 Å². The third-order valence-electron chi connectivity index (χ3n) is 2.43. The second-order valence-electron chi connectivity index (χ2n) is 4.58. The third kappa shape index (κ3) is 4.43. The summed E-state index contributed by atoms with van der Waals surface area (Å²) in [6.45, 7) is 3.17. The maximum atomic E-state index is 11.6. The van der Waals surface area contributed by atoms with Gasteiger partial charge in [-0.15, -0.1) is 0 Å². The van der Waals surface area contributed by atoms with Crippen LogP contribution < -0.4 is 9.44 Å². The molecule has 0 radical (unpaired) electrons. The molecule has 2 rings (SSSR count). The molecule has 0 spiro atoms. The van der Waals surface area contributed by atoms with Crippen LogP contribution in [0.4, 0.5) is 4.79 Å². The van der Waals surface area contributed by atoms with E-state index in [-0.39, 0.29) is 6.54 Å². The summed E-state index contributed by atoms with van der Waals surface area (Å²) in [5.41, 5.74) is 1.54. The summed E-state index contributed by atoms with van der Waals surface area (Å²) in [6.07, 6.45) is -1.43. The fourth-order valence-electron chi connectivity index (χ4n) is 1.64. The topological polar surface area (TPSA) is 113 Å². The van der Waals surface area contributed by atoms with Crippen LogP contribution in [0.25, 0.3) is 11.0 Å². The summed E-state index contributed by atoms with van der Waals surface area (Å²) in [5, 5.41) is 0. The lowest BCUT2D eigenvalue weighted by Gasteiger charge is -2.10. The molecule has 0 saturated carbocycles. The van der Waals surface area contributed by atoms with Crippen molar-refractivity contribution in [1.29, 1.82) is 0 Å². The van der Waals surface area contributed by atoms with Gasteiger partial charge in [0.15, 0.2) is 0 Å². The van der Waals surface area contributed by atoms with Crippen molar-refractivity contribution in [3.8, 4) is 0 Å². The molecule has 0 saturated heterocycles. The first-order valence-electron chi connectivity index (χ1n) is 6.27. The van der Waals surface area contributed by atoms with Crippen molar-refractivity contribution in [3.63, 3.8) is 0 Å². The number of aromatic amines is 1. The molecule has 9 heteroatoms. The zero-order valence-electron chi connectivity index (χ0n) is 11.6. The molecule has 0 aliphatic carbocycles. The Bertz CT molecular complexity index is 706. The minimum atomic E-state index is -4.00. The van der Waals surface area contributed by atoms with Crippen LogP contribution in [0.5, 0.6) is 0 Å². The van der Waals surface area contributed by atoms with Crippen LogP contribution in [-0.4, -0.2) is 30.6 Å². The number of imidazole rings is 1. The average molecular weight is 312 g/mol. The number of ether oxygens (including phenoxy) is 1. The van der Waals surface area contributed by atoms with E-state index in [0.29, 0.717) is 5.82 Å². The first kappa shape index (κ1) is 15.3. The molecule has 0 fully saturated rings. The lowest BCUT2D eigenvalue weighted by Crippen LogP contribution is -2.41. The zero-order valence-corrected chi connectivity index (χ0v) is 12.4. The van der Waals surface area contributed by atoms with E-state index < -0.39 is 22.4 Å². The fourth-order valence-corrected chi connectivity index (χ4v) is 2.30. The maximum absolute atomic E-state index is 11.6. The number of hydrogen-bond acceptors (Lipinski definition) is 5. The van der Waals surface area contributed by atoms with Crippen molar-refractivity contribution in [1.82, 2.24) is 19.4 Å². The first-order chi connectivity index (χ1) is 9.85. The van der Waals surface area contributed by atoms with E-state index >= 15 is 0 Å². The van der Waals surface area contributed by atoms with Crippen LogP contribution in [0, 0.1) is 0 Å². The summed E-state index contributed by atoms with van der Waals surface area (Å²) in [5.74, 6) is 0.443. The number of para-hydroxylation sites is 2. The van der Waals surface area contributed by atoms with Crippen molar-refractivity contribution in [2.75, 3.05) is 0 Å². The van der Waals surface area contributed by atoms with E-state index in [9.17, 15) is 13.2 Å². The van der Waals surface area contributed by atoms with E-state index in [0.717, 1.165) is 11.0 Å². The van der Waals surface area contributed by atoms with Gasteiger partial charge in [0.2, 0.25) is 0 Å². The number of fused-ring (bicyclic) bond motifs is 1. The Labute approximate surface area is 122 Å². The molecule has 0 bridgehead atoms. The molecule has 0 atom stereocenters. The van der Waals surface area contributed by atoms with Crippen LogP contribution in [0.15, 0.2) is 24.3 Å². The molecule has 2 aromatic rings. The molecule has 8 nitrogen and oxygen atoms in total. The molecule has 114 valence electrons. The van der Waals surface area contributed by atoms with Crippen molar-refractivity contribution < 1.29 is 17.9 Å². The van der Waals surface area contributed by atoms with Gasteiger partial charge in [-0.05, 0) is 26.0 Å². The Balaban J connectivity index is 1.96. The highest BCUT2D eigenvalue weighted by Crippen LogP contribution is 2.09. The van der Waals surface area contributed by atoms with Gasteiger partial charge in [0.25, 0.3) is 0 Å². The minimum absolute atomic E-state index is 0.0705. The number of nitrogens with zero attached hydrogens (tertiary/aromatic N) is 1. The van der Waals surface area contributed by atoms with Crippen molar-refractivity contribution in [2.45, 2.75) is 26.5 Å². The summed E-state index contributed by atoms with van der Waals surface area (Å²) in [4.78, 5) is 18.4. The highest BCUT2D eigenvalue weighted by Gasteiger charge is 2.16. The molecule has 1 amide bonds. The Kier molecular flexibility index (Phi) is 4.43. The van der Waals surface area contributed by atoms with Crippen LogP contribution >= 0.6 is 0 Å². The quantitative estimate of drug-likeness (QED) is 0.763. The third-order valence-corrected chi connectivity index (χ3v) is 3.39. The van der Waals surface area contributed by atoms with E-state index in [1.165, 1.54) is 0 Å². The summed E-state index contributed by atoms with van der Waals surface area (Å²) >= 11 is 0.